The monoisotopic (exact) mass is 489 g/mol. The van der Waals surface area contributed by atoms with E-state index in [1.54, 1.807) is 12.3 Å². The Bertz CT molecular complexity index is 1390. The fraction of sp³-hybridized carbons (Fsp3) is 0.269. The third-order valence-electron chi connectivity index (χ3n) is 6.95. The standard InChI is InChI=1S/C26H24FN5O2S/c27-19-3-1-2-17(12-19)22-14-29-23-13-18(4-5-21(22)23)25(33)32-15-20(16-32)30-7-9-31(10-8-30)26(34)24-28-6-11-35-24/h1-6,11-14,20,29H,7-10,15-16H2. The molecule has 4 aromatic rings. The summed E-state index contributed by atoms with van der Waals surface area (Å²) in [4.78, 5) is 39.0. The van der Waals surface area contributed by atoms with Crippen LogP contribution in [0.1, 0.15) is 20.2 Å². The van der Waals surface area contributed by atoms with E-state index in [1.165, 1.54) is 23.5 Å². The predicted octanol–water partition coefficient (Wildman–Crippen LogP) is 3.71. The Morgan fingerprint density at radius 2 is 1.83 bits per heavy atom. The number of carbonyl (C=O) groups is 2. The molecular formula is C26H24FN5O2S. The fourth-order valence-electron chi connectivity index (χ4n) is 4.94. The molecule has 6 rings (SSSR count). The molecule has 4 heterocycles. The van der Waals surface area contributed by atoms with Crippen molar-refractivity contribution in [1.29, 1.82) is 0 Å². The van der Waals surface area contributed by atoms with Gasteiger partial charge in [0.25, 0.3) is 11.8 Å². The van der Waals surface area contributed by atoms with Gasteiger partial charge in [-0.1, -0.05) is 18.2 Å². The van der Waals surface area contributed by atoms with E-state index in [9.17, 15) is 14.0 Å². The molecule has 2 saturated heterocycles. The summed E-state index contributed by atoms with van der Waals surface area (Å²) >= 11 is 1.37. The lowest BCUT2D eigenvalue weighted by molar-refractivity contribution is 0.00854. The quantitative estimate of drug-likeness (QED) is 0.474. The van der Waals surface area contributed by atoms with Gasteiger partial charge in [-0.05, 0) is 29.8 Å². The van der Waals surface area contributed by atoms with Gasteiger partial charge in [0.05, 0.1) is 0 Å². The van der Waals surface area contributed by atoms with Crippen LogP contribution in [0.4, 0.5) is 4.39 Å². The Morgan fingerprint density at radius 1 is 1.00 bits per heavy atom. The van der Waals surface area contributed by atoms with Crippen molar-refractivity contribution in [2.75, 3.05) is 39.3 Å². The zero-order chi connectivity index (χ0) is 23.9. The van der Waals surface area contributed by atoms with Crippen LogP contribution in [0.25, 0.3) is 22.0 Å². The van der Waals surface area contributed by atoms with Crippen LogP contribution in [0.3, 0.4) is 0 Å². The molecule has 0 atom stereocenters. The number of rotatable bonds is 4. The van der Waals surface area contributed by atoms with Crippen molar-refractivity contribution in [3.63, 3.8) is 0 Å². The number of thiazole rings is 1. The van der Waals surface area contributed by atoms with Crippen LogP contribution in [0, 0.1) is 5.82 Å². The van der Waals surface area contributed by atoms with E-state index in [-0.39, 0.29) is 17.6 Å². The number of likely N-dealkylation sites (tertiary alicyclic amines) is 1. The molecule has 0 bridgehead atoms. The third kappa shape index (κ3) is 4.11. The number of piperazine rings is 1. The maximum Gasteiger partial charge on any atom is 0.282 e. The number of nitrogens with zero attached hydrogens (tertiary/aromatic N) is 4. The Kier molecular flexibility index (Phi) is 5.58. The second-order valence-corrected chi connectivity index (χ2v) is 9.90. The number of hydrogen-bond donors (Lipinski definition) is 1. The molecule has 0 spiro atoms. The summed E-state index contributed by atoms with van der Waals surface area (Å²) in [6.07, 6.45) is 3.51. The number of aromatic amines is 1. The van der Waals surface area contributed by atoms with Crippen molar-refractivity contribution in [3.05, 3.63) is 76.6 Å². The SMILES string of the molecule is O=C(c1ccc2c(-c3cccc(F)c3)c[nH]c2c1)N1CC(N2CCN(C(=O)c3nccs3)CC2)C1. The molecule has 2 amide bonds. The van der Waals surface area contributed by atoms with Gasteiger partial charge in [0.1, 0.15) is 5.82 Å². The number of nitrogens with one attached hydrogen (secondary N) is 1. The van der Waals surface area contributed by atoms with Gasteiger partial charge in [0.15, 0.2) is 5.01 Å². The van der Waals surface area contributed by atoms with Crippen molar-refractivity contribution in [2.24, 2.45) is 0 Å². The molecule has 7 nitrogen and oxygen atoms in total. The molecule has 2 aromatic carbocycles. The van der Waals surface area contributed by atoms with Crippen molar-refractivity contribution in [3.8, 4) is 11.1 Å². The van der Waals surface area contributed by atoms with E-state index in [2.05, 4.69) is 14.9 Å². The van der Waals surface area contributed by atoms with Crippen molar-refractivity contribution < 1.29 is 14.0 Å². The van der Waals surface area contributed by atoms with E-state index < -0.39 is 0 Å². The van der Waals surface area contributed by atoms with Gasteiger partial charge >= 0.3 is 0 Å². The largest absolute Gasteiger partial charge is 0.361 e. The molecule has 0 unspecified atom stereocenters. The molecule has 0 radical (unpaired) electrons. The molecule has 2 aromatic heterocycles. The molecule has 178 valence electrons. The predicted molar refractivity (Wildman–Crippen MR) is 133 cm³/mol. The van der Waals surface area contributed by atoms with Crippen molar-refractivity contribution in [2.45, 2.75) is 6.04 Å². The summed E-state index contributed by atoms with van der Waals surface area (Å²) in [5, 5.41) is 3.32. The zero-order valence-corrected chi connectivity index (χ0v) is 19.8. The van der Waals surface area contributed by atoms with Crippen LogP contribution in [0.5, 0.6) is 0 Å². The van der Waals surface area contributed by atoms with Gasteiger partial charge in [-0.3, -0.25) is 14.5 Å². The highest BCUT2D eigenvalue weighted by molar-refractivity contribution is 7.11. The minimum Gasteiger partial charge on any atom is -0.361 e. The lowest BCUT2D eigenvalue weighted by Crippen LogP contribution is -2.64. The minimum absolute atomic E-state index is 0.00493. The Labute approximate surface area is 205 Å². The van der Waals surface area contributed by atoms with Crippen LogP contribution < -0.4 is 0 Å². The van der Waals surface area contributed by atoms with E-state index in [0.717, 1.165) is 35.1 Å². The summed E-state index contributed by atoms with van der Waals surface area (Å²) in [6, 6.07) is 12.5. The number of H-pyrrole nitrogens is 1. The number of hydrogen-bond acceptors (Lipinski definition) is 5. The molecule has 0 aliphatic carbocycles. The van der Waals surface area contributed by atoms with E-state index >= 15 is 0 Å². The number of fused-ring (bicyclic) bond motifs is 1. The Balaban J connectivity index is 1.07. The van der Waals surface area contributed by atoms with Crippen LogP contribution >= 0.6 is 11.3 Å². The van der Waals surface area contributed by atoms with Gasteiger partial charge in [0.2, 0.25) is 0 Å². The Hall–Kier alpha value is -3.56. The number of halogens is 1. The molecule has 9 heteroatoms. The van der Waals surface area contributed by atoms with Gasteiger partial charge < -0.3 is 14.8 Å². The average Bonchev–Trinajstić information content (AvgIpc) is 3.53. The lowest BCUT2D eigenvalue weighted by Gasteiger charge is -2.48. The molecule has 2 aliphatic heterocycles. The van der Waals surface area contributed by atoms with Gasteiger partial charge in [0, 0.05) is 85.1 Å². The number of aromatic nitrogens is 2. The molecule has 35 heavy (non-hydrogen) atoms. The first-order chi connectivity index (χ1) is 17.1. The summed E-state index contributed by atoms with van der Waals surface area (Å²) in [6.45, 7) is 4.36. The van der Waals surface area contributed by atoms with Gasteiger partial charge in [-0.25, -0.2) is 9.37 Å². The highest BCUT2D eigenvalue weighted by Crippen LogP contribution is 2.30. The first-order valence-corrected chi connectivity index (χ1v) is 12.5. The van der Waals surface area contributed by atoms with E-state index in [4.69, 9.17) is 0 Å². The summed E-state index contributed by atoms with van der Waals surface area (Å²) < 4.78 is 13.7. The summed E-state index contributed by atoms with van der Waals surface area (Å²) in [5.74, 6) is -0.253. The smallest absolute Gasteiger partial charge is 0.282 e. The zero-order valence-electron chi connectivity index (χ0n) is 19.0. The first kappa shape index (κ1) is 21.9. The van der Waals surface area contributed by atoms with Crippen LogP contribution in [-0.4, -0.2) is 81.8 Å². The molecular weight excluding hydrogens is 465 g/mol. The molecule has 1 N–H and O–H groups in total. The van der Waals surface area contributed by atoms with Crippen LogP contribution in [0.15, 0.2) is 60.2 Å². The minimum atomic E-state index is -0.275. The van der Waals surface area contributed by atoms with Crippen LogP contribution in [0.2, 0.25) is 0 Å². The van der Waals surface area contributed by atoms with Crippen molar-refractivity contribution >= 4 is 34.1 Å². The number of benzene rings is 2. The molecule has 2 aliphatic rings. The van der Waals surface area contributed by atoms with Crippen molar-refractivity contribution in [1.82, 2.24) is 24.7 Å². The lowest BCUT2D eigenvalue weighted by atomic mass is 10.0. The average molecular weight is 490 g/mol. The van der Waals surface area contributed by atoms with Crippen LogP contribution in [-0.2, 0) is 0 Å². The molecule has 2 fully saturated rings. The number of amides is 2. The molecule has 0 saturated carbocycles. The first-order valence-electron chi connectivity index (χ1n) is 11.7. The fourth-order valence-corrected chi connectivity index (χ4v) is 5.55. The van der Waals surface area contributed by atoms with Gasteiger partial charge in [-0.2, -0.15) is 0 Å². The maximum absolute atomic E-state index is 13.7. The highest BCUT2D eigenvalue weighted by Gasteiger charge is 2.37. The van der Waals surface area contributed by atoms with E-state index in [1.807, 2.05) is 45.6 Å². The third-order valence-corrected chi connectivity index (χ3v) is 7.71. The number of carbonyl (C=O) groups excluding carboxylic acids is 2. The summed E-state index contributed by atoms with van der Waals surface area (Å²) in [7, 11) is 0. The highest BCUT2D eigenvalue weighted by atomic mass is 32.1. The van der Waals surface area contributed by atoms with Gasteiger partial charge in [-0.15, -0.1) is 11.3 Å². The van der Waals surface area contributed by atoms with E-state index in [0.29, 0.717) is 42.8 Å². The Morgan fingerprint density at radius 3 is 2.57 bits per heavy atom. The normalized spacial score (nSPS) is 17.1. The maximum atomic E-state index is 13.7. The second kappa shape index (κ2) is 8.90. The summed E-state index contributed by atoms with van der Waals surface area (Å²) in [5.41, 5.74) is 3.21. The second-order valence-electron chi connectivity index (χ2n) is 9.00. The topological polar surface area (TPSA) is 72.5 Å².